The van der Waals surface area contributed by atoms with E-state index in [2.05, 4.69) is 15.1 Å². The van der Waals surface area contributed by atoms with Gasteiger partial charge in [-0.05, 0) is 13.0 Å². The molecular formula is C11H11N5O. The Morgan fingerprint density at radius 3 is 3.12 bits per heavy atom. The third-order valence-corrected chi connectivity index (χ3v) is 2.51. The standard InChI is InChI=1S/C11H11N5O/c1-7-6-17-10(15-7)5-16-11-8(12)2-3-13-9(11)4-14-16/h2-4,6H,5H2,1H3,(H2,12,13). The molecule has 0 saturated heterocycles. The van der Waals surface area contributed by atoms with Gasteiger partial charge in [0.05, 0.1) is 17.6 Å². The number of aromatic nitrogens is 4. The number of nitrogen functional groups attached to an aromatic ring is 1. The molecule has 3 aromatic rings. The van der Waals surface area contributed by atoms with Crippen LogP contribution in [0.15, 0.2) is 29.1 Å². The van der Waals surface area contributed by atoms with Gasteiger partial charge in [0.25, 0.3) is 0 Å². The molecule has 0 aliphatic rings. The number of aryl methyl sites for hydroxylation is 1. The van der Waals surface area contributed by atoms with Gasteiger partial charge in [0, 0.05) is 6.20 Å². The maximum Gasteiger partial charge on any atom is 0.215 e. The summed E-state index contributed by atoms with van der Waals surface area (Å²) in [6.07, 6.45) is 4.96. The SMILES string of the molecule is Cc1coc(Cn2ncc3nccc(N)c32)n1. The minimum Gasteiger partial charge on any atom is -0.447 e. The molecule has 3 aromatic heterocycles. The Morgan fingerprint density at radius 1 is 1.47 bits per heavy atom. The summed E-state index contributed by atoms with van der Waals surface area (Å²) in [4.78, 5) is 8.43. The molecular weight excluding hydrogens is 218 g/mol. The van der Waals surface area contributed by atoms with Crippen molar-refractivity contribution in [1.29, 1.82) is 0 Å². The first-order valence-corrected chi connectivity index (χ1v) is 5.21. The Bertz CT molecular complexity index is 669. The summed E-state index contributed by atoms with van der Waals surface area (Å²) in [5, 5.41) is 4.23. The van der Waals surface area contributed by atoms with Crippen LogP contribution in [-0.2, 0) is 6.54 Å². The zero-order valence-electron chi connectivity index (χ0n) is 9.29. The van der Waals surface area contributed by atoms with Gasteiger partial charge in [-0.25, -0.2) is 4.98 Å². The van der Waals surface area contributed by atoms with Crippen molar-refractivity contribution >= 4 is 16.7 Å². The lowest BCUT2D eigenvalue weighted by molar-refractivity contribution is 0.469. The number of nitrogens with two attached hydrogens (primary N) is 1. The van der Waals surface area contributed by atoms with Crippen LogP contribution in [0.4, 0.5) is 5.69 Å². The van der Waals surface area contributed by atoms with Crippen LogP contribution >= 0.6 is 0 Å². The number of hydrogen-bond donors (Lipinski definition) is 1. The van der Waals surface area contributed by atoms with E-state index < -0.39 is 0 Å². The molecule has 17 heavy (non-hydrogen) atoms. The van der Waals surface area contributed by atoms with Crippen molar-refractivity contribution < 1.29 is 4.42 Å². The number of oxazole rings is 1. The number of anilines is 1. The number of hydrogen-bond acceptors (Lipinski definition) is 5. The fourth-order valence-corrected chi connectivity index (χ4v) is 1.77. The van der Waals surface area contributed by atoms with Crippen molar-refractivity contribution in [3.8, 4) is 0 Å². The second-order valence-corrected chi connectivity index (χ2v) is 3.82. The van der Waals surface area contributed by atoms with E-state index in [4.69, 9.17) is 10.2 Å². The van der Waals surface area contributed by atoms with Gasteiger partial charge in [0.2, 0.25) is 5.89 Å². The van der Waals surface area contributed by atoms with Crippen LogP contribution in [-0.4, -0.2) is 19.7 Å². The Labute approximate surface area is 97.1 Å². The predicted octanol–water partition coefficient (Wildman–Crippen LogP) is 1.36. The lowest BCUT2D eigenvalue weighted by Gasteiger charge is -2.01. The van der Waals surface area contributed by atoms with Crippen LogP contribution in [0.5, 0.6) is 0 Å². The zero-order chi connectivity index (χ0) is 11.8. The minimum atomic E-state index is 0.452. The highest BCUT2D eigenvalue weighted by atomic mass is 16.3. The molecule has 3 rings (SSSR count). The van der Waals surface area contributed by atoms with Gasteiger partial charge in [-0.3, -0.25) is 9.67 Å². The van der Waals surface area contributed by atoms with Gasteiger partial charge in [-0.1, -0.05) is 0 Å². The summed E-state index contributed by atoms with van der Waals surface area (Å²) in [6.45, 7) is 2.33. The summed E-state index contributed by atoms with van der Waals surface area (Å²) in [5.41, 5.74) is 8.99. The molecule has 0 aliphatic carbocycles. The van der Waals surface area contributed by atoms with E-state index in [0.717, 1.165) is 16.7 Å². The molecule has 0 atom stereocenters. The van der Waals surface area contributed by atoms with E-state index in [1.807, 2.05) is 6.92 Å². The Morgan fingerprint density at radius 2 is 2.35 bits per heavy atom. The number of pyridine rings is 1. The molecule has 0 radical (unpaired) electrons. The van der Waals surface area contributed by atoms with Gasteiger partial charge in [0.1, 0.15) is 23.8 Å². The van der Waals surface area contributed by atoms with Gasteiger partial charge < -0.3 is 10.2 Å². The molecule has 6 heteroatoms. The van der Waals surface area contributed by atoms with Gasteiger partial charge in [-0.15, -0.1) is 0 Å². The van der Waals surface area contributed by atoms with Crippen molar-refractivity contribution in [2.24, 2.45) is 0 Å². The molecule has 0 aromatic carbocycles. The second-order valence-electron chi connectivity index (χ2n) is 3.82. The first-order chi connectivity index (χ1) is 8.24. The van der Waals surface area contributed by atoms with E-state index in [0.29, 0.717) is 18.1 Å². The summed E-state index contributed by atoms with van der Waals surface area (Å²) in [6, 6.07) is 1.75. The van der Waals surface area contributed by atoms with Crippen LogP contribution in [0.25, 0.3) is 11.0 Å². The maximum atomic E-state index is 5.91. The Hall–Kier alpha value is -2.37. The topological polar surface area (TPSA) is 82.8 Å². The van der Waals surface area contributed by atoms with Crippen LogP contribution in [0.2, 0.25) is 0 Å². The molecule has 0 aliphatic heterocycles. The minimum absolute atomic E-state index is 0.452. The van der Waals surface area contributed by atoms with E-state index in [1.54, 1.807) is 29.4 Å². The van der Waals surface area contributed by atoms with Gasteiger partial charge in [-0.2, -0.15) is 5.10 Å². The highest BCUT2D eigenvalue weighted by molar-refractivity contribution is 5.86. The Kier molecular flexibility index (Phi) is 2.07. The molecule has 86 valence electrons. The second kappa shape index (κ2) is 3.58. The molecule has 0 saturated carbocycles. The molecule has 0 spiro atoms. The summed E-state index contributed by atoms with van der Waals surface area (Å²) < 4.78 is 7.03. The van der Waals surface area contributed by atoms with Crippen molar-refractivity contribution in [3.05, 3.63) is 36.3 Å². The van der Waals surface area contributed by atoms with Crippen LogP contribution < -0.4 is 5.73 Å². The summed E-state index contributed by atoms with van der Waals surface area (Å²) >= 11 is 0. The first-order valence-electron chi connectivity index (χ1n) is 5.21. The largest absolute Gasteiger partial charge is 0.447 e. The quantitative estimate of drug-likeness (QED) is 0.717. The van der Waals surface area contributed by atoms with Crippen LogP contribution in [0, 0.1) is 6.92 Å². The van der Waals surface area contributed by atoms with Crippen molar-refractivity contribution in [1.82, 2.24) is 19.7 Å². The molecule has 6 nitrogen and oxygen atoms in total. The third kappa shape index (κ3) is 1.63. The Balaban J connectivity index is 2.06. The summed E-state index contributed by atoms with van der Waals surface area (Å²) in [7, 11) is 0. The molecule has 0 unspecified atom stereocenters. The molecule has 0 fully saturated rings. The van der Waals surface area contributed by atoms with Gasteiger partial charge >= 0.3 is 0 Å². The van der Waals surface area contributed by atoms with E-state index >= 15 is 0 Å². The number of rotatable bonds is 2. The monoisotopic (exact) mass is 229 g/mol. The predicted molar refractivity (Wildman–Crippen MR) is 62.3 cm³/mol. The molecule has 2 N–H and O–H groups in total. The van der Waals surface area contributed by atoms with Crippen LogP contribution in [0.1, 0.15) is 11.6 Å². The smallest absolute Gasteiger partial charge is 0.215 e. The highest BCUT2D eigenvalue weighted by Crippen LogP contribution is 2.18. The molecule has 0 bridgehead atoms. The van der Waals surface area contributed by atoms with Crippen molar-refractivity contribution in [2.45, 2.75) is 13.5 Å². The lowest BCUT2D eigenvalue weighted by atomic mass is 10.3. The normalized spacial score (nSPS) is 11.1. The number of nitrogens with zero attached hydrogens (tertiary/aromatic N) is 4. The number of fused-ring (bicyclic) bond motifs is 1. The molecule has 3 heterocycles. The van der Waals surface area contributed by atoms with Crippen molar-refractivity contribution in [2.75, 3.05) is 5.73 Å². The first kappa shape index (κ1) is 9.83. The zero-order valence-corrected chi connectivity index (χ0v) is 9.29. The van der Waals surface area contributed by atoms with Crippen LogP contribution in [0.3, 0.4) is 0 Å². The van der Waals surface area contributed by atoms with E-state index in [1.165, 1.54) is 0 Å². The average Bonchev–Trinajstić information content (AvgIpc) is 2.88. The maximum absolute atomic E-state index is 5.91. The van der Waals surface area contributed by atoms with E-state index in [9.17, 15) is 0 Å². The van der Waals surface area contributed by atoms with Crippen molar-refractivity contribution in [3.63, 3.8) is 0 Å². The molecule has 0 amide bonds. The average molecular weight is 229 g/mol. The van der Waals surface area contributed by atoms with Gasteiger partial charge in [0.15, 0.2) is 0 Å². The van der Waals surface area contributed by atoms with E-state index in [-0.39, 0.29) is 0 Å². The lowest BCUT2D eigenvalue weighted by Crippen LogP contribution is -2.03. The fourth-order valence-electron chi connectivity index (χ4n) is 1.77. The third-order valence-electron chi connectivity index (χ3n) is 2.51. The fraction of sp³-hybridized carbons (Fsp3) is 0.182. The highest BCUT2D eigenvalue weighted by Gasteiger charge is 2.09. The summed E-state index contributed by atoms with van der Waals surface area (Å²) in [5.74, 6) is 0.607.